The standard InChI is InChI=1S/C28H40F2O2/c1-3-5-19-6-16-25(32-18-19)23-13-9-21(10-14-23)20-7-11-22(12-8-20)24-15-17-26(31-4-2)28(30)27(24)29/h3,5,15,17,19-23,25H,4,6-14,16,18H2,1-2H3/b5-3+. The van der Waals surface area contributed by atoms with Crippen LogP contribution in [0.5, 0.6) is 5.75 Å². The first-order valence-corrected chi connectivity index (χ1v) is 13.0. The number of rotatable bonds is 6. The molecule has 3 aliphatic rings. The molecule has 0 amide bonds. The predicted molar refractivity (Wildman–Crippen MR) is 125 cm³/mol. The van der Waals surface area contributed by atoms with E-state index in [9.17, 15) is 8.78 Å². The third-order valence-electron chi connectivity index (χ3n) is 8.41. The van der Waals surface area contributed by atoms with Crippen molar-refractivity contribution in [1.82, 2.24) is 0 Å². The van der Waals surface area contributed by atoms with Crippen molar-refractivity contribution in [2.75, 3.05) is 13.2 Å². The molecule has 0 spiro atoms. The van der Waals surface area contributed by atoms with Gasteiger partial charge in [-0.05, 0) is 113 Å². The van der Waals surface area contributed by atoms with E-state index in [1.807, 2.05) is 0 Å². The summed E-state index contributed by atoms with van der Waals surface area (Å²) in [7, 11) is 0. The lowest BCUT2D eigenvalue weighted by Crippen LogP contribution is -2.35. The van der Waals surface area contributed by atoms with Crippen LogP contribution in [-0.2, 0) is 4.74 Å². The minimum absolute atomic E-state index is 0.0264. The van der Waals surface area contributed by atoms with E-state index in [2.05, 4.69) is 19.1 Å². The molecule has 0 aromatic heterocycles. The van der Waals surface area contributed by atoms with Crippen LogP contribution in [0.2, 0.25) is 0 Å². The highest BCUT2D eigenvalue weighted by Crippen LogP contribution is 2.46. The maximum Gasteiger partial charge on any atom is 0.200 e. The minimum Gasteiger partial charge on any atom is -0.491 e. The molecule has 1 aromatic rings. The van der Waals surface area contributed by atoms with Crippen molar-refractivity contribution in [3.8, 4) is 5.75 Å². The number of hydrogen-bond donors (Lipinski definition) is 0. The number of halogens is 2. The first-order chi connectivity index (χ1) is 15.6. The van der Waals surface area contributed by atoms with E-state index in [0.29, 0.717) is 24.2 Å². The summed E-state index contributed by atoms with van der Waals surface area (Å²) >= 11 is 0. The van der Waals surface area contributed by atoms with Gasteiger partial charge in [0.2, 0.25) is 5.82 Å². The molecule has 1 aliphatic heterocycles. The van der Waals surface area contributed by atoms with Gasteiger partial charge in [-0.25, -0.2) is 4.39 Å². The number of ether oxygens (including phenoxy) is 2. The number of benzene rings is 1. The summed E-state index contributed by atoms with van der Waals surface area (Å²) in [5.74, 6) is 1.51. The van der Waals surface area contributed by atoms with Gasteiger partial charge in [-0.1, -0.05) is 18.2 Å². The van der Waals surface area contributed by atoms with Gasteiger partial charge >= 0.3 is 0 Å². The molecule has 32 heavy (non-hydrogen) atoms. The summed E-state index contributed by atoms with van der Waals surface area (Å²) in [5, 5.41) is 0. The fourth-order valence-corrected chi connectivity index (χ4v) is 6.61. The molecule has 1 heterocycles. The lowest BCUT2D eigenvalue weighted by molar-refractivity contribution is -0.0518. The van der Waals surface area contributed by atoms with Crippen molar-refractivity contribution in [2.45, 2.75) is 90.1 Å². The van der Waals surface area contributed by atoms with Crippen molar-refractivity contribution in [3.05, 3.63) is 41.5 Å². The van der Waals surface area contributed by atoms with Crippen molar-refractivity contribution in [2.24, 2.45) is 23.7 Å². The summed E-state index contributed by atoms with van der Waals surface area (Å²) < 4.78 is 40.4. The molecule has 178 valence electrons. The van der Waals surface area contributed by atoms with Gasteiger partial charge in [0.15, 0.2) is 11.6 Å². The molecule has 1 saturated heterocycles. The van der Waals surface area contributed by atoms with Gasteiger partial charge in [-0.3, -0.25) is 0 Å². The Bertz CT molecular complexity index is 753. The molecule has 0 radical (unpaired) electrons. The quantitative estimate of drug-likeness (QED) is 0.415. The summed E-state index contributed by atoms with van der Waals surface area (Å²) in [6.07, 6.45) is 16.8. The third kappa shape index (κ3) is 5.38. The van der Waals surface area contributed by atoms with Crippen LogP contribution >= 0.6 is 0 Å². The lowest BCUT2D eigenvalue weighted by atomic mass is 9.67. The topological polar surface area (TPSA) is 18.5 Å². The molecule has 4 rings (SSSR count). The maximum absolute atomic E-state index is 14.6. The van der Waals surface area contributed by atoms with Gasteiger partial charge in [0.05, 0.1) is 19.3 Å². The van der Waals surface area contributed by atoms with Crippen molar-refractivity contribution >= 4 is 0 Å². The average Bonchev–Trinajstić information content (AvgIpc) is 2.83. The number of allylic oxidation sites excluding steroid dienone is 1. The Balaban J connectivity index is 1.24. The molecule has 4 heteroatoms. The van der Waals surface area contributed by atoms with Crippen molar-refractivity contribution in [1.29, 1.82) is 0 Å². The molecule has 2 aliphatic carbocycles. The van der Waals surface area contributed by atoms with Crippen LogP contribution in [0.1, 0.15) is 89.5 Å². The third-order valence-corrected chi connectivity index (χ3v) is 8.41. The Labute approximate surface area is 192 Å². The summed E-state index contributed by atoms with van der Waals surface area (Å²) in [5.41, 5.74) is 0.541. The van der Waals surface area contributed by atoms with Crippen LogP contribution < -0.4 is 4.74 Å². The Morgan fingerprint density at radius 2 is 1.53 bits per heavy atom. The van der Waals surface area contributed by atoms with E-state index >= 15 is 0 Å². The van der Waals surface area contributed by atoms with E-state index in [1.165, 1.54) is 38.5 Å². The zero-order valence-electron chi connectivity index (χ0n) is 19.8. The van der Waals surface area contributed by atoms with Gasteiger partial charge in [0.25, 0.3) is 0 Å². The van der Waals surface area contributed by atoms with Gasteiger partial charge in [0, 0.05) is 5.92 Å². The van der Waals surface area contributed by atoms with Crippen LogP contribution in [0.15, 0.2) is 24.3 Å². The van der Waals surface area contributed by atoms with Crippen molar-refractivity contribution < 1.29 is 18.3 Å². The molecule has 2 nitrogen and oxygen atoms in total. The summed E-state index contributed by atoms with van der Waals surface area (Å²) in [6, 6.07) is 3.34. The van der Waals surface area contributed by atoms with Gasteiger partial charge in [-0.15, -0.1) is 0 Å². The molecule has 2 unspecified atom stereocenters. The molecule has 1 aromatic carbocycles. The van der Waals surface area contributed by atoms with E-state index < -0.39 is 11.6 Å². The summed E-state index contributed by atoms with van der Waals surface area (Å²) in [4.78, 5) is 0. The highest BCUT2D eigenvalue weighted by molar-refractivity contribution is 5.33. The second-order valence-electron chi connectivity index (χ2n) is 10.2. The lowest BCUT2D eigenvalue weighted by Gasteiger charge is -2.41. The van der Waals surface area contributed by atoms with E-state index in [0.717, 1.165) is 50.0 Å². The van der Waals surface area contributed by atoms with Crippen molar-refractivity contribution in [3.63, 3.8) is 0 Å². The average molecular weight is 447 g/mol. The Morgan fingerprint density at radius 3 is 2.12 bits per heavy atom. The fraction of sp³-hybridized carbons (Fsp3) is 0.714. The van der Waals surface area contributed by atoms with Gasteiger partial charge in [-0.2, -0.15) is 4.39 Å². The molecule has 3 fully saturated rings. The molecule has 0 bridgehead atoms. The fourth-order valence-electron chi connectivity index (χ4n) is 6.61. The predicted octanol–water partition coefficient (Wildman–Crippen LogP) is 7.82. The first kappa shape index (κ1) is 23.7. The highest BCUT2D eigenvalue weighted by Gasteiger charge is 2.35. The SMILES string of the molecule is C/C=C/C1CCC(C2CCC(C3CCC(c4ccc(OCC)c(F)c4F)CC3)CC2)OC1. The minimum atomic E-state index is -0.827. The Kier molecular flexibility index (Phi) is 8.26. The van der Waals surface area contributed by atoms with E-state index in [4.69, 9.17) is 9.47 Å². The van der Waals surface area contributed by atoms with Crippen LogP contribution in [0, 0.1) is 35.3 Å². The normalized spacial score (nSPS) is 34.0. The largest absolute Gasteiger partial charge is 0.491 e. The van der Waals surface area contributed by atoms with Crippen LogP contribution in [0.3, 0.4) is 0 Å². The van der Waals surface area contributed by atoms with Gasteiger partial charge < -0.3 is 9.47 Å². The maximum atomic E-state index is 14.6. The molecule has 2 saturated carbocycles. The molecular weight excluding hydrogens is 406 g/mol. The second kappa shape index (κ2) is 11.1. The highest BCUT2D eigenvalue weighted by atomic mass is 19.2. The van der Waals surface area contributed by atoms with Crippen LogP contribution in [0.25, 0.3) is 0 Å². The smallest absolute Gasteiger partial charge is 0.200 e. The molecule has 0 N–H and O–H groups in total. The monoisotopic (exact) mass is 446 g/mol. The Morgan fingerprint density at radius 1 is 0.875 bits per heavy atom. The second-order valence-corrected chi connectivity index (χ2v) is 10.2. The zero-order valence-corrected chi connectivity index (χ0v) is 19.8. The van der Waals surface area contributed by atoms with E-state index in [-0.39, 0.29) is 11.7 Å². The van der Waals surface area contributed by atoms with E-state index in [1.54, 1.807) is 19.1 Å². The molecular formula is C28H40F2O2. The van der Waals surface area contributed by atoms with Crippen LogP contribution in [0.4, 0.5) is 8.78 Å². The zero-order chi connectivity index (χ0) is 22.5. The summed E-state index contributed by atoms with van der Waals surface area (Å²) in [6.45, 7) is 5.10. The first-order valence-electron chi connectivity index (χ1n) is 13.0. The molecule has 2 atom stereocenters. The van der Waals surface area contributed by atoms with Gasteiger partial charge in [0.1, 0.15) is 0 Å². The van der Waals surface area contributed by atoms with Crippen LogP contribution in [-0.4, -0.2) is 19.3 Å². The Hall–Kier alpha value is -1.42. The number of hydrogen-bond acceptors (Lipinski definition) is 2.